The number of carbonyl (C=O) groups is 1. The number of hydrogen-bond donors (Lipinski definition) is 1. The van der Waals surface area contributed by atoms with Gasteiger partial charge in [-0.3, -0.25) is 4.79 Å². The highest BCUT2D eigenvalue weighted by molar-refractivity contribution is 9.09. The van der Waals surface area contributed by atoms with Crippen molar-refractivity contribution in [3.63, 3.8) is 0 Å². The number of hydrogen-bond acceptors (Lipinski definition) is 1. The fraction of sp³-hybridized carbons (Fsp3) is 0.900. The van der Waals surface area contributed by atoms with Crippen molar-refractivity contribution in [2.24, 2.45) is 11.8 Å². The molecule has 0 aromatic rings. The van der Waals surface area contributed by atoms with Gasteiger partial charge in [0, 0.05) is 17.8 Å². The molecule has 0 atom stereocenters. The summed E-state index contributed by atoms with van der Waals surface area (Å²) in [4.78, 5) is 11.4. The van der Waals surface area contributed by atoms with Crippen LogP contribution in [0.4, 0.5) is 0 Å². The standard InChI is InChI=1S/C10H16BrNO/c11-6-5-9(13)12-10(7-1-2-7)8-3-4-8/h7-8,10H,1-6H2,(H,12,13). The van der Waals surface area contributed by atoms with E-state index < -0.39 is 0 Å². The summed E-state index contributed by atoms with van der Waals surface area (Å²) in [6.07, 6.45) is 5.94. The summed E-state index contributed by atoms with van der Waals surface area (Å²) < 4.78 is 0. The Hall–Kier alpha value is -0.0500. The molecule has 2 saturated carbocycles. The molecule has 0 aromatic carbocycles. The first-order valence-electron chi connectivity index (χ1n) is 5.16. The summed E-state index contributed by atoms with van der Waals surface area (Å²) in [5.74, 6) is 1.85. The monoisotopic (exact) mass is 245 g/mol. The van der Waals surface area contributed by atoms with Gasteiger partial charge in [0.15, 0.2) is 0 Å². The van der Waals surface area contributed by atoms with E-state index in [-0.39, 0.29) is 5.91 Å². The summed E-state index contributed by atoms with van der Waals surface area (Å²) in [6, 6.07) is 0.520. The zero-order valence-electron chi connectivity index (χ0n) is 7.76. The molecular weight excluding hydrogens is 230 g/mol. The first-order valence-corrected chi connectivity index (χ1v) is 6.28. The Balaban J connectivity index is 1.78. The minimum absolute atomic E-state index is 0.223. The van der Waals surface area contributed by atoms with Crippen molar-refractivity contribution in [3.8, 4) is 0 Å². The minimum Gasteiger partial charge on any atom is -0.353 e. The van der Waals surface area contributed by atoms with Gasteiger partial charge in [0.25, 0.3) is 0 Å². The summed E-state index contributed by atoms with van der Waals surface area (Å²) in [5.41, 5.74) is 0. The van der Waals surface area contributed by atoms with E-state index in [4.69, 9.17) is 0 Å². The van der Waals surface area contributed by atoms with Gasteiger partial charge < -0.3 is 5.32 Å². The van der Waals surface area contributed by atoms with Crippen LogP contribution in [0.5, 0.6) is 0 Å². The molecule has 0 heterocycles. The Morgan fingerprint density at radius 2 is 1.85 bits per heavy atom. The van der Waals surface area contributed by atoms with E-state index in [2.05, 4.69) is 21.2 Å². The fourth-order valence-electron chi connectivity index (χ4n) is 1.88. The number of halogens is 1. The van der Waals surface area contributed by atoms with Gasteiger partial charge in [-0.1, -0.05) is 15.9 Å². The molecule has 13 heavy (non-hydrogen) atoms. The summed E-state index contributed by atoms with van der Waals surface area (Å²) >= 11 is 3.28. The fourth-order valence-corrected chi connectivity index (χ4v) is 2.24. The van der Waals surface area contributed by atoms with Gasteiger partial charge in [-0.05, 0) is 37.5 Å². The SMILES string of the molecule is O=C(CCBr)NC(C1CC1)C1CC1. The van der Waals surface area contributed by atoms with E-state index in [9.17, 15) is 4.79 Å². The lowest BCUT2D eigenvalue weighted by Crippen LogP contribution is -2.38. The van der Waals surface area contributed by atoms with Crippen molar-refractivity contribution in [2.75, 3.05) is 5.33 Å². The minimum atomic E-state index is 0.223. The van der Waals surface area contributed by atoms with E-state index in [1.54, 1.807) is 0 Å². The zero-order chi connectivity index (χ0) is 9.26. The highest BCUT2D eigenvalue weighted by atomic mass is 79.9. The lowest BCUT2D eigenvalue weighted by Gasteiger charge is -2.17. The first-order chi connectivity index (χ1) is 6.31. The molecule has 0 aliphatic heterocycles. The Bertz CT molecular complexity index is 187. The van der Waals surface area contributed by atoms with Crippen LogP contribution in [0.25, 0.3) is 0 Å². The van der Waals surface area contributed by atoms with Crippen molar-refractivity contribution in [3.05, 3.63) is 0 Å². The molecule has 3 heteroatoms. The largest absolute Gasteiger partial charge is 0.353 e. The number of nitrogens with one attached hydrogen (secondary N) is 1. The number of alkyl halides is 1. The highest BCUT2D eigenvalue weighted by Crippen LogP contribution is 2.44. The van der Waals surface area contributed by atoms with Gasteiger partial charge in [-0.15, -0.1) is 0 Å². The molecule has 0 spiro atoms. The lowest BCUT2D eigenvalue weighted by atomic mass is 10.1. The van der Waals surface area contributed by atoms with Crippen molar-refractivity contribution in [2.45, 2.75) is 38.1 Å². The summed E-state index contributed by atoms with van der Waals surface area (Å²) in [6.45, 7) is 0. The predicted molar refractivity (Wildman–Crippen MR) is 55.8 cm³/mol. The second-order valence-corrected chi connectivity index (χ2v) is 5.00. The molecule has 0 radical (unpaired) electrons. The highest BCUT2D eigenvalue weighted by Gasteiger charge is 2.41. The number of carbonyl (C=O) groups excluding carboxylic acids is 1. The van der Waals surface area contributed by atoms with E-state index in [0.717, 1.165) is 17.2 Å². The molecule has 0 saturated heterocycles. The van der Waals surface area contributed by atoms with Crippen molar-refractivity contribution in [1.82, 2.24) is 5.32 Å². The van der Waals surface area contributed by atoms with Crippen LogP contribution in [0.15, 0.2) is 0 Å². The predicted octanol–water partition coefficient (Wildman–Crippen LogP) is 2.08. The third-order valence-electron chi connectivity index (χ3n) is 2.91. The van der Waals surface area contributed by atoms with Crippen LogP contribution >= 0.6 is 15.9 Å². The second-order valence-electron chi connectivity index (χ2n) is 4.21. The second kappa shape index (κ2) is 3.99. The maximum atomic E-state index is 11.4. The zero-order valence-corrected chi connectivity index (χ0v) is 9.35. The molecule has 0 aromatic heterocycles. The lowest BCUT2D eigenvalue weighted by molar-refractivity contribution is -0.121. The summed E-state index contributed by atoms with van der Waals surface area (Å²) in [7, 11) is 0. The van der Waals surface area contributed by atoms with E-state index in [0.29, 0.717) is 12.5 Å². The molecular formula is C10H16BrNO. The molecule has 0 unspecified atom stereocenters. The molecule has 0 bridgehead atoms. The van der Waals surface area contributed by atoms with E-state index in [1.807, 2.05) is 0 Å². The van der Waals surface area contributed by atoms with Crippen LogP contribution in [0.3, 0.4) is 0 Å². The average molecular weight is 246 g/mol. The molecule has 2 nitrogen and oxygen atoms in total. The smallest absolute Gasteiger partial charge is 0.221 e. The van der Waals surface area contributed by atoms with Crippen LogP contribution in [0, 0.1) is 11.8 Å². The molecule has 2 aliphatic carbocycles. The van der Waals surface area contributed by atoms with E-state index in [1.165, 1.54) is 25.7 Å². The summed E-state index contributed by atoms with van der Waals surface area (Å²) in [5, 5.41) is 3.95. The Kier molecular flexibility index (Phi) is 2.92. The average Bonchev–Trinajstić information content (AvgIpc) is 2.95. The van der Waals surface area contributed by atoms with Gasteiger partial charge in [-0.2, -0.15) is 0 Å². The van der Waals surface area contributed by atoms with Crippen molar-refractivity contribution in [1.29, 1.82) is 0 Å². The normalized spacial score (nSPS) is 22.0. The molecule has 74 valence electrons. The van der Waals surface area contributed by atoms with E-state index >= 15 is 0 Å². The van der Waals surface area contributed by atoms with Crippen LogP contribution < -0.4 is 5.32 Å². The Morgan fingerprint density at radius 1 is 1.31 bits per heavy atom. The molecule has 2 fully saturated rings. The number of amides is 1. The van der Waals surface area contributed by atoms with Gasteiger partial charge in [0.1, 0.15) is 0 Å². The van der Waals surface area contributed by atoms with Gasteiger partial charge in [-0.25, -0.2) is 0 Å². The Morgan fingerprint density at radius 3 is 2.23 bits per heavy atom. The van der Waals surface area contributed by atoms with Crippen LogP contribution in [-0.4, -0.2) is 17.3 Å². The number of rotatable bonds is 5. The van der Waals surface area contributed by atoms with Crippen molar-refractivity contribution >= 4 is 21.8 Å². The maximum absolute atomic E-state index is 11.4. The van der Waals surface area contributed by atoms with Gasteiger partial charge in [0.2, 0.25) is 5.91 Å². The third-order valence-corrected chi connectivity index (χ3v) is 3.31. The van der Waals surface area contributed by atoms with Gasteiger partial charge >= 0.3 is 0 Å². The quantitative estimate of drug-likeness (QED) is 0.739. The molecule has 1 N–H and O–H groups in total. The van der Waals surface area contributed by atoms with Crippen LogP contribution in [0.1, 0.15) is 32.1 Å². The van der Waals surface area contributed by atoms with Crippen LogP contribution in [-0.2, 0) is 4.79 Å². The Labute approximate surface area is 87.6 Å². The van der Waals surface area contributed by atoms with Crippen molar-refractivity contribution < 1.29 is 4.79 Å². The van der Waals surface area contributed by atoms with Crippen LogP contribution in [0.2, 0.25) is 0 Å². The topological polar surface area (TPSA) is 29.1 Å². The molecule has 2 aliphatic rings. The third kappa shape index (κ3) is 2.70. The molecule has 2 rings (SSSR count). The molecule has 1 amide bonds. The maximum Gasteiger partial charge on any atom is 0.221 e. The first kappa shape index (κ1) is 9.50. The van der Waals surface area contributed by atoms with Gasteiger partial charge in [0.05, 0.1) is 0 Å².